The van der Waals surface area contributed by atoms with E-state index >= 15 is 0 Å². The summed E-state index contributed by atoms with van der Waals surface area (Å²) in [5.74, 6) is 0.503. The minimum atomic E-state index is 0.173. The minimum absolute atomic E-state index is 0.173. The Hall–Kier alpha value is -2.19. The lowest BCUT2D eigenvalue weighted by Crippen LogP contribution is -2.52. The van der Waals surface area contributed by atoms with Crippen molar-refractivity contribution in [2.75, 3.05) is 0 Å². The van der Waals surface area contributed by atoms with Gasteiger partial charge in [0.15, 0.2) is 5.78 Å². The Morgan fingerprint density at radius 2 is 1.65 bits per heavy atom. The standard InChI is InChI=1S/C24H27NO/c1-2-18-11-13-20(14-12-18)24(26)21-15-22-9-6-10-23(16-21)25(22)17-19-7-4-3-5-8-19/h2-5,7-8,11-14,21-23H,1,6,9-10,15-17H2. The van der Waals surface area contributed by atoms with E-state index in [1.807, 2.05) is 30.3 Å². The number of fused-ring (bicyclic) bond motifs is 2. The van der Waals surface area contributed by atoms with Gasteiger partial charge in [0.25, 0.3) is 0 Å². The highest BCUT2D eigenvalue weighted by molar-refractivity contribution is 5.98. The molecule has 2 saturated heterocycles. The van der Waals surface area contributed by atoms with Gasteiger partial charge < -0.3 is 0 Å². The van der Waals surface area contributed by atoms with Crippen molar-refractivity contribution in [1.82, 2.24) is 4.90 Å². The molecule has 26 heavy (non-hydrogen) atoms. The molecule has 0 amide bonds. The quantitative estimate of drug-likeness (QED) is 0.681. The van der Waals surface area contributed by atoms with E-state index in [4.69, 9.17) is 0 Å². The molecule has 0 aliphatic carbocycles. The van der Waals surface area contributed by atoms with E-state index in [1.165, 1.54) is 24.8 Å². The SMILES string of the molecule is C=Cc1ccc(C(=O)C2CC3CCCC(C2)N3Cc2ccccc2)cc1. The van der Waals surface area contributed by atoms with E-state index in [0.29, 0.717) is 17.9 Å². The van der Waals surface area contributed by atoms with Gasteiger partial charge in [0.2, 0.25) is 0 Å². The van der Waals surface area contributed by atoms with E-state index in [9.17, 15) is 4.79 Å². The molecule has 2 fully saturated rings. The third-order valence-electron chi connectivity index (χ3n) is 6.14. The maximum Gasteiger partial charge on any atom is 0.166 e. The Kier molecular flexibility index (Phi) is 5.03. The van der Waals surface area contributed by atoms with Crippen LogP contribution in [0.25, 0.3) is 6.08 Å². The van der Waals surface area contributed by atoms with Gasteiger partial charge in [-0.2, -0.15) is 0 Å². The van der Waals surface area contributed by atoms with Gasteiger partial charge in [0.05, 0.1) is 0 Å². The second kappa shape index (κ2) is 7.59. The molecule has 2 heteroatoms. The first-order chi connectivity index (χ1) is 12.7. The lowest BCUT2D eigenvalue weighted by Gasteiger charge is -2.48. The fourth-order valence-electron chi connectivity index (χ4n) is 4.76. The molecule has 2 aliphatic rings. The smallest absolute Gasteiger partial charge is 0.166 e. The lowest BCUT2D eigenvalue weighted by atomic mass is 9.75. The molecule has 2 aliphatic heterocycles. The van der Waals surface area contributed by atoms with Crippen LogP contribution in [-0.2, 0) is 6.54 Å². The number of hydrogen-bond donors (Lipinski definition) is 0. The van der Waals surface area contributed by atoms with Crippen LogP contribution < -0.4 is 0 Å². The number of piperidine rings is 2. The Bertz CT molecular complexity index is 751. The van der Waals surface area contributed by atoms with Gasteiger partial charge in [0, 0.05) is 30.1 Å². The van der Waals surface area contributed by atoms with Crippen molar-refractivity contribution < 1.29 is 4.79 Å². The number of hydrogen-bond acceptors (Lipinski definition) is 2. The summed E-state index contributed by atoms with van der Waals surface area (Å²) in [4.78, 5) is 15.7. The second-order valence-electron chi connectivity index (χ2n) is 7.76. The third kappa shape index (κ3) is 3.52. The predicted octanol–water partition coefficient (Wildman–Crippen LogP) is 5.35. The number of ketones is 1. The fourth-order valence-corrected chi connectivity index (χ4v) is 4.76. The van der Waals surface area contributed by atoms with E-state index < -0.39 is 0 Å². The molecule has 2 nitrogen and oxygen atoms in total. The first-order valence-corrected chi connectivity index (χ1v) is 9.81. The monoisotopic (exact) mass is 345 g/mol. The van der Waals surface area contributed by atoms with Crippen LogP contribution in [0.2, 0.25) is 0 Å². The van der Waals surface area contributed by atoms with Gasteiger partial charge in [0.1, 0.15) is 0 Å². The molecule has 2 heterocycles. The molecule has 0 N–H and O–H groups in total. The topological polar surface area (TPSA) is 20.3 Å². The van der Waals surface area contributed by atoms with Gasteiger partial charge in [-0.3, -0.25) is 9.69 Å². The molecular weight excluding hydrogens is 318 g/mol. The molecule has 2 aromatic rings. The van der Waals surface area contributed by atoms with Gasteiger partial charge in [-0.15, -0.1) is 0 Å². The van der Waals surface area contributed by atoms with Gasteiger partial charge >= 0.3 is 0 Å². The molecule has 2 atom stereocenters. The van der Waals surface area contributed by atoms with E-state index in [2.05, 4.69) is 41.8 Å². The Morgan fingerprint density at radius 1 is 1.00 bits per heavy atom. The largest absolute Gasteiger partial charge is 0.294 e. The highest BCUT2D eigenvalue weighted by Gasteiger charge is 2.40. The molecule has 134 valence electrons. The Morgan fingerprint density at radius 3 is 2.27 bits per heavy atom. The van der Waals surface area contributed by atoms with Crippen LogP contribution in [0.15, 0.2) is 61.2 Å². The molecule has 0 radical (unpaired) electrons. The summed E-state index contributed by atoms with van der Waals surface area (Å²) in [6.07, 6.45) is 7.58. The Labute approximate surface area is 156 Å². The average molecular weight is 345 g/mol. The maximum absolute atomic E-state index is 13.1. The number of nitrogens with zero attached hydrogens (tertiary/aromatic N) is 1. The van der Waals surface area contributed by atoms with Crippen LogP contribution in [-0.4, -0.2) is 22.8 Å². The highest BCUT2D eigenvalue weighted by Crippen LogP contribution is 2.39. The van der Waals surface area contributed by atoms with Crippen molar-refractivity contribution in [3.63, 3.8) is 0 Å². The van der Waals surface area contributed by atoms with Crippen LogP contribution in [0.4, 0.5) is 0 Å². The van der Waals surface area contributed by atoms with Crippen LogP contribution in [0.5, 0.6) is 0 Å². The predicted molar refractivity (Wildman–Crippen MR) is 107 cm³/mol. The van der Waals surface area contributed by atoms with E-state index in [0.717, 1.165) is 30.5 Å². The molecular formula is C24H27NO. The summed E-state index contributed by atoms with van der Waals surface area (Å²) >= 11 is 0. The van der Waals surface area contributed by atoms with Gasteiger partial charge in [-0.25, -0.2) is 0 Å². The fraction of sp³-hybridized carbons (Fsp3) is 0.375. The summed E-state index contributed by atoms with van der Waals surface area (Å²) in [6.45, 7) is 4.81. The highest BCUT2D eigenvalue weighted by atomic mass is 16.1. The number of Topliss-reactive ketones (excluding diaryl/α,β-unsaturated/α-hetero) is 1. The molecule has 4 rings (SSSR count). The number of carbonyl (C=O) groups is 1. The first-order valence-electron chi connectivity index (χ1n) is 9.81. The van der Waals surface area contributed by atoms with Crippen LogP contribution in [0.1, 0.15) is 53.6 Å². The van der Waals surface area contributed by atoms with Crippen molar-refractivity contribution >= 4 is 11.9 Å². The molecule has 2 bridgehead atoms. The second-order valence-corrected chi connectivity index (χ2v) is 7.76. The number of benzene rings is 2. The average Bonchev–Trinajstić information content (AvgIpc) is 2.68. The molecule has 2 aromatic carbocycles. The van der Waals surface area contributed by atoms with Crippen LogP contribution >= 0.6 is 0 Å². The van der Waals surface area contributed by atoms with Crippen molar-refractivity contribution in [3.8, 4) is 0 Å². The summed E-state index contributed by atoms with van der Waals surface area (Å²) in [5, 5.41) is 0. The van der Waals surface area contributed by atoms with Crippen molar-refractivity contribution in [2.45, 2.75) is 50.7 Å². The van der Waals surface area contributed by atoms with Gasteiger partial charge in [-0.05, 0) is 36.8 Å². The van der Waals surface area contributed by atoms with Crippen LogP contribution in [0, 0.1) is 5.92 Å². The van der Waals surface area contributed by atoms with E-state index in [1.54, 1.807) is 0 Å². The van der Waals surface area contributed by atoms with Gasteiger partial charge in [-0.1, -0.05) is 73.7 Å². The lowest BCUT2D eigenvalue weighted by molar-refractivity contribution is 0.00906. The van der Waals surface area contributed by atoms with Crippen LogP contribution in [0.3, 0.4) is 0 Å². The molecule has 0 aromatic heterocycles. The first kappa shape index (κ1) is 17.2. The zero-order chi connectivity index (χ0) is 17.9. The third-order valence-corrected chi connectivity index (χ3v) is 6.14. The summed E-state index contributed by atoms with van der Waals surface area (Å²) < 4.78 is 0. The summed E-state index contributed by atoms with van der Waals surface area (Å²) in [6, 6.07) is 19.7. The summed E-state index contributed by atoms with van der Waals surface area (Å²) in [5.41, 5.74) is 3.31. The zero-order valence-electron chi connectivity index (χ0n) is 15.3. The van der Waals surface area contributed by atoms with Crippen molar-refractivity contribution in [3.05, 3.63) is 77.9 Å². The van der Waals surface area contributed by atoms with Crippen molar-refractivity contribution in [1.29, 1.82) is 0 Å². The molecule has 2 unspecified atom stereocenters. The number of rotatable bonds is 5. The minimum Gasteiger partial charge on any atom is -0.294 e. The Balaban J connectivity index is 1.48. The number of carbonyl (C=O) groups excluding carboxylic acids is 1. The van der Waals surface area contributed by atoms with E-state index in [-0.39, 0.29) is 5.92 Å². The normalized spacial score (nSPS) is 25.6. The molecule has 0 saturated carbocycles. The zero-order valence-corrected chi connectivity index (χ0v) is 15.3. The molecule has 0 spiro atoms. The maximum atomic E-state index is 13.1. The summed E-state index contributed by atoms with van der Waals surface area (Å²) in [7, 11) is 0. The van der Waals surface area contributed by atoms with Crippen molar-refractivity contribution in [2.24, 2.45) is 5.92 Å².